The van der Waals surface area contributed by atoms with Crippen molar-refractivity contribution >= 4 is 28.4 Å². The summed E-state index contributed by atoms with van der Waals surface area (Å²) >= 11 is 1.61. The summed E-state index contributed by atoms with van der Waals surface area (Å²) in [5, 5.41) is 1.05. The minimum Gasteiger partial charge on any atom is -0.399 e. The van der Waals surface area contributed by atoms with Gasteiger partial charge in [0.1, 0.15) is 0 Å². The van der Waals surface area contributed by atoms with Crippen LogP contribution in [0.25, 0.3) is 10.9 Å². The van der Waals surface area contributed by atoms with Gasteiger partial charge in [-0.25, -0.2) is 0 Å². The highest BCUT2D eigenvalue weighted by Crippen LogP contribution is 2.24. The van der Waals surface area contributed by atoms with Crippen molar-refractivity contribution in [2.24, 2.45) is 0 Å². The van der Waals surface area contributed by atoms with Crippen LogP contribution < -0.4 is 11.3 Å². The smallest absolute Gasteiger partial charge is 0.252 e. The van der Waals surface area contributed by atoms with Gasteiger partial charge in [0.15, 0.2) is 0 Å². The summed E-state index contributed by atoms with van der Waals surface area (Å²) in [7, 11) is 0. The Hall–Kier alpha value is -2.20. The maximum atomic E-state index is 12.0. The molecule has 0 saturated heterocycles. The second-order valence-corrected chi connectivity index (χ2v) is 5.62. The minimum absolute atomic E-state index is 0.0277. The molecule has 0 radical (unpaired) electrons. The zero-order valence-electron chi connectivity index (χ0n) is 10.8. The van der Waals surface area contributed by atoms with E-state index < -0.39 is 0 Å². The zero-order chi connectivity index (χ0) is 13.9. The molecule has 20 heavy (non-hydrogen) atoms. The van der Waals surface area contributed by atoms with Crippen LogP contribution in [0.5, 0.6) is 0 Å². The Balaban J connectivity index is 1.87. The van der Waals surface area contributed by atoms with E-state index >= 15 is 0 Å². The third-order valence-corrected chi connectivity index (χ3v) is 4.13. The molecule has 0 aliphatic carbocycles. The van der Waals surface area contributed by atoms with Crippen LogP contribution in [0.1, 0.15) is 5.56 Å². The van der Waals surface area contributed by atoms with Crippen LogP contribution in [0.15, 0.2) is 64.3 Å². The van der Waals surface area contributed by atoms with Gasteiger partial charge in [0, 0.05) is 27.4 Å². The van der Waals surface area contributed by atoms with Crippen molar-refractivity contribution in [3.05, 3.63) is 70.5 Å². The summed E-state index contributed by atoms with van der Waals surface area (Å²) in [6.45, 7) is 0. The molecule has 0 atom stereocenters. The number of nitrogen functional groups attached to an aromatic ring is 1. The number of aromatic nitrogens is 1. The van der Waals surface area contributed by atoms with Crippen molar-refractivity contribution in [1.82, 2.24) is 4.98 Å². The molecule has 0 saturated carbocycles. The highest BCUT2D eigenvalue weighted by atomic mass is 32.2. The van der Waals surface area contributed by atoms with Crippen molar-refractivity contribution in [3.8, 4) is 0 Å². The van der Waals surface area contributed by atoms with Gasteiger partial charge in [0.05, 0.1) is 0 Å². The number of anilines is 1. The Morgan fingerprint density at radius 1 is 1.05 bits per heavy atom. The van der Waals surface area contributed by atoms with Crippen LogP contribution in [0.2, 0.25) is 0 Å². The molecule has 2 aromatic carbocycles. The van der Waals surface area contributed by atoms with E-state index in [4.69, 9.17) is 5.73 Å². The molecule has 3 aromatic rings. The molecule has 0 spiro atoms. The second kappa shape index (κ2) is 5.43. The molecule has 0 fully saturated rings. The van der Waals surface area contributed by atoms with Gasteiger partial charge in [0.25, 0.3) is 5.56 Å². The van der Waals surface area contributed by atoms with Gasteiger partial charge in [-0.15, -0.1) is 11.8 Å². The predicted molar refractivity (Wildman–Crippen MR) is 85.0 cm³/mol. The summed E-state index contributed by atoms with van der Waals surface area (Å²) in [6.07, 6.45) is 0. The quantitative estimate of drug-likeness (QED) is 0.572. The maximum Gasteiger partial charge on any atom is 0.252 e. The molecule has 3 rings (SSSR count). The normalized spacial score (nSPS) is 10.8. The molecule has 3 nitrogen and oxygen atoms in total. The summed E-state index contributed by atoms with van der Waals surface area (Å²) in [4.78, 5) is 16.0. The van der Waals surface area contributed by atoms with Crippen molar-refractivity contribution in [3.63, 3.8) is 0 Å². The topological polar surface area (TPSA) is 58.9 Å². The van der Waals surface area contributed by atoms with Gasteiger partial charge >= 0.3 is 0 Å². The first-order valence-electron chi connectivity index (χ1n) is 6.32. The number of H-pyrrole nitrogens is 1. The third kappa shape index (κ3) is 2.70. The van der Waals surface area contributed by atoms with Crippen molar-refractivity contribution in [2.75, 3.05) is 5.73 Å². The van der Waals surface area contributed by atoms with Gasteiger partial charge in [0.2, 0.25) is 0 Å². The van der Waals surface area contributed by atoms with Gasteiger partial charge in [-0.05, 0) is 35.7 Å². The highest BCUT2D eigenvalue weighted by molar-refractivity contribution is 7.98. The van der Waals surface area contributed by atoms with Crippen LogP contribution in [0.4, 0.5) is 5.69 Å². The average Bonchev–Trinajstić information content (AvgIpc) is 2.45. The molecule has 3 N–H and O–H groups in total. The van der Waals surface area contributed by atoms with E-state index in [1.54, 1.807) is 11.8 Å². The largest absolute Gasteiger partial charge is 0.399 e. The fraction of sp³-hybridized carbons (Fsp3) is 0.0625. The number of hydrogen-bond acceptors (Lipinski definition) is 3. The summed E-state index contributed by atoms with van der Waals surface area (Å²) in [5.41, 5.74) is 8.11. The summed E-state index contributed by atoms with van der Waals surface area (Å²) in [5.74, 6) is 0.629. The van der Waals surface area contributed by atoms with E-state index in [2.05, 4.69) is 4.98 Å². The Bertz CT molecular complexity index is 811. The highest BCUT2D eigenvalue weighted by Gasteiger charge is 2.04. The van der Waals surface area contributed by atoms with Gasteiger partial charge in [-0.1, -0.05) is 24.3 Å². The number of para-hydroxylation sites is 1. The molecule has 100 valence electrons. The predicted octanol–water partition coefficient (Wildman–Crippen LogP) is 3.40. The Morgan fingerprint density at radius 3 is 2.75 bits per heavy atom. The molecule has 0 amide bonds. The fourth-order valence-corrected chi connectivity index (χ4v) is 3.00. The SMILES string of the molecule is Nc1cccc(SCc2cc3ccccc3[nH]c2=O)c1. The molecule has 0 unspecified atom stereocenters. The molecule has 0 aliphatic heterocycles. The fourth-order valence-electron chi connectivity index (χ4n) is 2.07. The van der Waals surface area contributed by atoms with E-state index in [-0.39, 0.29) is 5.56 Å². The monoisotopic (exact) mass is 282 g/mol. The van der Waals surface area contributed by atoms with Crippen LogP contribution in [0, 0.1) is 0 Å². The molecular formula is C16H14N2OS. The third-order valence-electron chi connectivity index (χ3n) is 3.08. The minimum atomic E-state index is -0.0277. The van der Waals surface area contributed by atoms with Gasteiger partial charge < -0.3 is 10.7 Å². The molecule has 4 heteroatoms. The van der Waals surface area contributed by atoms with E-state index in [0.29, 0.717) is 5.75 Å². The Labute approximate surface area is 120 Å². The van der Waals surface area contributed by atoms with E-state index in [1.165, 1.54) is 0 Å². The number of pyridine rings is 1. The van der Waals surface area contributed by atoms with Crippen LogP contribution in [0.3, 0.4) is 0 Å². The lowest BCUT2D eigenvalue weighted by Gasteiger charge is -2.04. The second-order valence-electron chi connectivity index (χ2n) is 4.57. The van der Waals surface area contributed by atoms with Gasteiger partial charge in [-0.3, -0.25) is 4.79 Å². The number of aromatic amines is 1. The number of nitrogens with one attached hydrogen (secondary N) is 1. The number of hydrogen-bond donors (Lipinski definition) is 2. The van der Waals surface area contributed by atoms with Crippen LogP contribution in [-0.4, -0.2) is 4.98 Å². The van der Waals surface area contributed by atoms with E-state index in [0.717, 1.165) is 27.0 Å². The molecule has 1 heterocycles. The van der Waals surface area contributed by atoms with Crippen molar-refractivity contribution < 1.29 is 0 Å². The molecule has 0 bridgehead atoms. The van der Waals surface area contributed by atoms with Crippen LogP contribution >= 0.6 is 11.8 Å². The van der Waals surface area contributed by atoms with E-state index in [1.807, 2.05) is 54.6 Å². The first kappa shape index (κ1) is 12.8. The maximum absolute atomic E-state index is 12.0. The first-order chi connectivity index (χ1) is 9.72. The molecule has 0 aliphatic rings. The Morgan fingerprint density at radius 2 is 1.90 bits per heavy atom. The number of nitrogens with two attached hydrogens (primary N) is 1. The number of fused-ring (bicyclic) bond motifs is 1. The van der Waals surface area contributed by atoms with Crippen LogP contribution in [-0.2, 0) is 5.75 Å². The summed E-state index contributed by atoms with van der Waals surface area (Å²) < 4.78 is 0. The van der Waals surface area contributed by atoms with Crippen molar-refractivity contribution in [2.45, 2.75) is 10.6 Å². The number of thioether (sulfide) groups is 1. The van der Waals surface area contributed by atoms with E-state index in [9.17, 15) is 4.79 Å². The lowest BCUT2D eigenvalue weighted by atomic mass is 10.2. The lowest BCUT2D eigenvalue weighted by Crippen LogP contribution is -2.11. The number of benzene rings is 2. The average molecular weight is 282 g/mol. The first-order valence-corrected chi connectivity index (χ1v) is 7.30. The zero-order valence-corrected chi connectivity index (χ0v) is 11.6. The summed E-state index contributed by atoms with van der Waals surface area (Å²) in [6, 6.07) is 17.4. The molecule has 1 aromatic heterocycles. The standard InChI is InChI=1S/C16H14N2OS/c17-13-5-3-6-14(9-13)20-10-12-8-11-4-1-2-7-15(11)18-16(12)19/h1-9H,10,17H2,(H,18,19). The Kier molecular flexibility index (Phi) is 3.48. The number of rotatable bonds is 3. The van der Waals surface area contributed by atoms with Crippen molar-refractivity contribution in [1.29, 1.82) is 0 Å². The lowest BCUT2D eigenvalue weighted by molar-refractivity contribution is 1.21. The van der Waals surface area contributed by atoms with Gasteiger partial charge in [-0.2, -0.15) is 0 Å². The molecular weight excluding hydrogens is 268 g/mol.